The van der Waals surface area contributed by atoms with Crippen molar-refractivity contribution in [2.45, 2.75) is 20.0 Å². The Kier molecular flexibility index (Phi) is 6.38. The van der Waals surface area contributed by atoms with Crippen molar-refractivity contribution in [1.82, 2.24) is 0 Å². The number of aryl methyl sites for hydroxylation is 1. The third-order valence-electron chi connectivity index (χ3n) is 3.36. The van der Waals surface area contributed by atoms with E-state index in [-0.39, 0.29) is 12.6 Å². The number of methoxy groups -OCH3 is 1. The molecule has 0 saturated carbocycles. The van der Waals surface area contributed by atoms with Crippen LogP contribution < -0.4 is 0 Å². The average Bonchev–Trinajstić information content (AvgIpc) is 2.47. The zero-order valence-corrected chi connectivity index (χ0v) is 14.8. The summed E-state index contributed by atoms with van der Waals surface area (Å²) in [6.45, 7) is 2.55. The van der Waals surface area contributed by atoms with E-state index in [2.05, 4.69) is 15.9 Å². The molecule has 0 aliphatic heterocycles. The van der Waals surface area contributed by atoms with Crippen molar-refractivity contribution in [1.29, 1.82) is 0 Å². The first kappa shape index (κ1) is 17.4. The van der Waals surface area contributed by atoms with Crippen molar-refractivity contribution in [2.24, 2.45) is 0 Å². The van der Waals surface area contributed by atoms with Gasteiger partial charge in [0.15, 0.2) is 0 Å². The Morgan fingerprint density at radius 2 is 1.91 bits per heavy atom. The van der Waals surface area contributed by atoms with Crippen molar-refractivity contribution < 1.29 is 13.9 Å². The molecule has 118 valence electrons. The molecule has 0 aromatic heterocycles. The fourth-order valence-corrected chi connectivity index (χ4v) is 2.93. The summed E-state index contributed by atoms with van der Waals surface area (Å²) in [5, 5.41) is 0.669. The smallest absolute Gasteiger partial charge is 0.146 e. The maximum atomic E-state index is 13.2. The van der Waals surface area contributed by atoms with Gasteiger partial charge in [0.1, 0.15) is 12.6 Å². The van der Waals surface area contributed by atoms with Crippen LogP contribution in [0.1, 0.15) is 22.3 Å². The van der Waals surface area contributed by atoms with Gasteiger partial charge in [-0.25, -0.2) is 4.39 Å². The van der Waals surface area contributed by atoms with Gasteiger partial charge in [-0.3, -0.25) is 0 Å². The summed E-state index contributed by atoms with van der Waals surface area (Å²) in [6.07, 6.45) is 0.656. The van der Waals surface area contributed by atoms with Gasteiger partial charge < -0.3 is 9.47 Å². The number of benzene rings is 2. The van der Waals surface area contributed by atoms with Gasteiger partial charge in [0.05, 0.1) is 6.61 Å². The zero-order valence-electron chi connectivity index (χ0n) is 12.5. The van der Waals surface area contributed by atoms with Gasteiger partial charge in [-0.2, -0.15) is 0 Å². The first-order valence-electron chi connectivity index (χ1n) is 6.79. The third kappa shape index (κ3) is 4.53. The lowest BCUT2D eigenvalue weighted by molar-refractivity contribution is -0.0392. The van der Waals surface area contributed by atoms with Crippen LogP contribution in [0.4, 0.5) is 4.39 Å². The highest BCUT2D eigenvalue weighted by Crippen LogP contribution is 2.29. The van der Waals surface area contributed by atoms with Crippen molar-refractivity contribution >= 4 is 27.5 Å². The number of halogens is 3. The van der Waals surface area contributed by atoms with Crippen LogP contribution in [-0.4, -0.2) is 13.9 Å². The maximum absolute atomic E-state index is 13.2. The average molecular weight is 388 g/mol. The van der Waals surface area contributed by atoms with Gasteiger partial charge in [0.25, 0.3) is 0 Å². The minimum atomic E-state index is -0.223. The molecular weight excluding hydrogens is 371 g/mol. The largest absolute Gasteiger partial charge is 0.359 e. The molecule has 2 aromatic carbocycles. The van der Waals surface area contributed by atoms with Crippen LogP contribution in [0.15, 0.2) is 34.8 Å². The lowest BCUT2D eigenvalue weighted by Crippen LogP contribution is -2.00. The van der Waals surface area contributed by atoms with E-state index in [1.807, 2.05) is 19.1 Å². The van der Waals surface area contributed by atoms with E-state index in [0.717, 1.165) is 26.7 Å². The van der Waals surface area contributed by atoms with Crippen LogP contribution in [0.3, 0.4) is 0 Å². The summed E-state index contributed by atoms with van der Waals surface area (Å²) in [6, 6.07) is 8.67. The molecule has 0 N–H and O–H groups in total. The van der Waals surface area contributed by atoms with Crippen LogP contribution in [0.5, 0.6) is 0 Å². The molecule has 0 atom stereocenters. The molecule has 0 bridgehead atoms. The molecule has 2 rings (SSSR count). The fraction of sp³-hybridized carbons (Fsp3) is 0.294. The zero-order chi connectivity index (χ0) is 16.1. The monoisotopic (exact) mass is 386 g/mol. The Morgan fingerprint density at radius 3 is 2.59 bits per heavy atom. The molecule has 0 spiro atoms. The number of rotatable bonds is 6. The molecule has 22 heavy (non-hydrogen) atoms. The van der Waals surface area contributed by atoms with Gasteiger partial charge in [-0.15, -0.1) is 0 Å². The molecule has 2 aromatic rings. The van der Waals surface area contributed by atoms with Gasteiger partial charge in [-0.1, -0.05) is 33.6 Å². The number of hydrogen-bond acceptors (Lipinski definition) is 2. The lowest BCUT2D eigenvalue weighted by Gasteiger charge is -2.12. The number of hydrogen-bond donors (Lipinski definition) is 0. The van der Waals surface area contributed by atoms with E-state index >= 15 is 0 Å². The van der Waals surface area contributed by atoms with Crippen molar-refractivity contribution in [3.05, 3.63) is 67.9 Å². The maximum Gasteiger partial charge on any atom is 0.146 e. The summed E-state index contributed by atoms with van der Waals surface area (Å²) < 4.78 is 24.3. The Bertz CT molecular complexity index is 661. The van der Waals surface area contributed by atoms with E-state index in [1.54, 1.807) is 13.2 Å². The summed E-state index contributed by atoms with van der Waals surface area (Å²) in [5.74, 6) is -0.223. The molecule has 5 heteroatoms. The van der Waals surface area contributed by atoms with E-state index in [4.69, 9.17) is 21.1 Å². The van der Waals surface area contributed by atoms with Gasteiger partial charge >= 0.3 is 0 Å². The first-order chi connectivity index (χ1) is 10.5. The highest BCUT2D eigenvalue weighted by molar-refractivity contribution is 9.10. The minimum Gasteiger partial charge on any atom is -0.359 e. The second kappa shape index (κ2) is 8.06. The summed E-state index contributed by atoms with van der Waals surface area (Å²) in [7, 11) is 1.58. The number of ether oxygens (including phenoxy) is 2. The summed E-state index contributed by atoms with van der Waals surface area (Å²) >= 11 is 9.90. The quantitative estimate of drug-likeness (QED) is 0.497. The van der Waals surface area contributed by atoms with Crippen LogP contribution in [0.25, 0.3) is 0 Å². The van der Waals surface area contributed by atoms with Crippen LogP contribution in [-0.2, 0) is 22.5 Å². The molecule has 0 aliphatic carbocycles. The van der Waals surface area contributed by atoms with Crippen molar-refractivity contribution in [2.75, 3.05) is 13.9 Å². The van der Waals surface area contributed by atoms with Crippen LogP contribution >= 0.6 is 27.5 Å². The highest BCUT2D eigenvalue weighted by atomic mass is 79.9. The fourth-order valence-electron chi connectivity index (χ4n) is 2.17. The SMILES string of the molecule is COCOCc1cc(Cl)c(Cc2ccc(F)cc2C)cc1Br. The van der Waals surface area contributed by atoms with E-state index in [9.17, 15) is 4.39 Å². The van der Waals surface area contributed by atoms with Gasteiger partial charge in [-0.05, 0) is 59.9 Å². The Labute approximate surface area is 143 Å². The molecule has 2 nitrogen and oxygen atoms in total. The Balaban J connectivity index is 2.19. The molecule has 0 radical (unpaired) electrons. The standard InChI is InChI=1S/C17H17BrClFO2/c1-11-5-15(20)4-3-12(11)6-13-7-16(18)14(8-17(13)19)9-22-10-21-2/h3-5,7-8H,6,9-10H2,1-2H3. The van der Waals surface area contributed by atoms with Crippen molar-refractivity contribution in [3.63, 3.8) is 0 Å². The van der Waals surface area contributed by atoms with E-state index < -0.39 is 0 Å². The first-order valence-corrected chi connectivity index (χ1v) is 7.97. The third-order valence-corrected chi connectivity index (χ3v) is 4.45. The minimum absolute atomic E-state index is 0.223. The highest BCUT2D eigenvalue weighted by Gasteiger charge is 2.10. The van der Waals surface area contributed by atoms with Crippen molar-refractivity contribution in [3.8, 4) is 0 Å². The Morgan fingerprint density at radius 1 is 1.14 bits per heavy atom. The van der Waals surface area contributed by atoms with E-state index in [0.29, 0.717) is 18.1 Å². The molecule has 0 aliphatic rings. The van der Waals surface area contributed by atoms with E-state index in [1.165, 1.54) is 12.1 Å². The second-order valence-electron chi connectivity index (χ2n) is 5.04. The lowest BCUT2D eigenvalue weighted by atomic mass is 9.99. The normalized spacial score (nSPS) is 11.0. The van der Waals surface area contributed by atoms with Gasteiger partial charge in [0.2, 0.25) is 0 Å². The topological polar surface area (TPSA) is 18.5 Å². The summed E-state index contributed by atoms with van der Waals surface area (Å²) in [4.78, 5) is 0. The molecule has 0 saturated heterocycles. The van der Waals surface area contributed by atoms with Crippen LogP contribution in [0, 0.1) is 12.7 Å². The predicted molar refractivity (Wildman–Crippen MR) is 89.8 cm³/mol. The molecule has 0 amide bonds. The summed E-state index contributed by atoms with van der Waals surface area (Å²) in [5.41, 5.74) is 3.92. The molecule has 0 unspecified atom stereocenters. The predicted octanol–water partition coefficient (Wildman–Crippen LogP) is 5.26. The molecule has 0 heterocycles. The molecule has 0 fully saturated rings. The van der Waals surface area contributed by atoms with Crippen LogP contribution in [0.2, 0.25) is 5.02 Å². The van der Waals surface area contributed by atoms with Gasteiger partial charge in [0, 0.05) is 16.6 Å². The Hall–Kier alpha value is -0.940. The second-order valence-corrected chi connectivity index (χ2v) is 6.30. The molecular formula is C17H17BrClFO2.